The van der Waals surface area contributed by atoms with E-state index in [2.05, 4.69) is 4.99 Å². The van der Waals surface area contributed by atoms with Crippen LogP contribution < -0.4 is 0 Å². The molecular weight excluding hydrogens is 253 g/mol. The monoisotopic (exact) mass is 277 g/mol. The highest BCUT2D eigenvalue weighted by molar-refractivity contribution is 6.02. The fourth-order valence-corrected chi connectivity index (χ4v) is 1.29. The van der Waals surface area contributed by atoms with Crippen molar-refractivity contribution in [2.24, 2.45) is 4.99 Å². The van der Waals surface area contributed by atoms with Crippen LogP contribution in [0.25, 0.3) is 0 Å². The second-order valence-electron chi connectivity index (χ2n) is 4.68. The first-order valence-corrected chi connectivity index (χ1v) is 6.83. The molecule has 0 saturated carbocycles. The van der Waals surface area contributed by atoms with Gasteiger partial charge in [-0.3, -0.25) is 9.79 Å². The lowest BCUT2D eigenvalue weighted by molar-refractivity contribution is -0.104. The van der Waals surface area contributed by atoms with Crippen LogP contribution in [0.3, 0.4) is 0 Å². The predicted molar refractivity (Wildman–Crippen MR) is 84.8 cm³/mol. The summed E-state index contributed by atoms with van der Waals surface area (Å²) >= 11 is 0. The molecule has 0 spiro atoms. The van der Waals surface area contributed by atoms with Crippen LogP contribution in [0.2, 0.25) is 0 Å². The molecule has 0 radical (unpaired) electrons. The molecule has 0 rings (SSSR count). The summed E-state index contributed by atoms with van der Waals surface area (Å²) < 4.78 is 13.6. The summed E-state index contributed by atoms with van der Waals surface area (Å²) in [4.78, 5) is 14.9. The van der Waals surface area contributed by atoms with E-state index in [4.69, 9.17) is 0 Å². The lowest BCUT2D eigenvalue weighted by atomic mass is 10.1. The van der Waals surface area contributed by atoms with E-state index in [-0.39, 0.29) is 5.83 Å². The maximum absolute atomic E-state index is 13.6. The van der Waals surface area contributed by atoms with Crippen molar-refractivity contribution in [1.82, 2.24) is 0 Å². The minimum Gasteiger partial charge on any atom is -0.298 e. The number of carbonyl (C=O) groups is 1. The quantitative estimate of drug-likeness (QED) is 0.272. The van der Waals surface area contributed by atoms with Crippen LogP contribution in [0.15, 0.2) is 51.8 Å². The highest BCUT2D eigenvalue weighted by Crippen LogP contribution is 2.11. The number of allylic oxidation sites excluding steroid dienone is 7. The predicted octanol–water partition coefficient (Wildman–Crippen LogP) is 4.75. The molecule has 110 valence electrons. The van der Waals surface area contributed by atoms with Crippen LogP contribution in [0.5, 0.6) is 0 Å². The van der Waals surface area contributed by atoms with E-state index in [1.165, 1.54) is 6.08 Å². The highest BCUT2D eigenvalue weighted by Gasteiger charge is 1.97. The maximum Gasteiger partial charge on any atom is 0.151 e. The van der Waals surface area contributed by atoms with Gasteiger partial charge in [0, 0.05) is 18.3 Å². The highest BCUT2D eigenvalue weighted by atomic mass is 19.1. The molecule has 0 saturated heterocycles. The molecule has 0 aliphatic heterocycles. The Labute approximate surface area is 121 Å². The van der Waals surface area contributed by atoms with E-state index in [0.29, 0.717) is 24.1 Å². The standard InChI is InChI=1S/C17H24FNO/c1-5-6-7-8-9-17(18)15(4)10-11-19-12-16(13-20)14(2)3/h6-9,12-13H,5,10-11H2,1-4H3/b7-6+,9-8-,17-15-,19-12?. The van der Waals surface area contributed by atoms with Crippen molar-refractivity contribution in [1.29, 1.82) is 0 Å². The van der Waals surface area contributed by atoms with Gasteiger partial charge in [-0.2, -0.15) is 0 Å². The molecule has 2 nitrogen and oxygen atoms in total. The average molecular weight is 277 g/mol. The molecule has 0 amide bonds. The Morgan fingerprint density at radius 3 is 2.45 bits per heavy atom. The molecule has 0 aliphatic carbocycles. The number of hydrogen-bond acceptors (Lipinski definition) is 2. The summed E-state index contributed by atoms with van der Waals surface area (Å²) in [6, 6.07) is 0. The first-order valence-electron chi connectivity index (χ1n) is 6.83. The molecule has 0 unspecified atom stereocenters. The third-order valence-electron chi connectivity index (χ3n) is 2.68. The van der Waals surface area contributed by atoms with Gasteiger partial charge in [0.15, 0.2) is 6.29 Å². The summed E-state index contributed by atoms with van der Waals surface area (Å²) in [6.45, 7) is 7.97. The van der Waals surface area contributed by atoms with Crippen molar-refractivity contribution in [3.8, 4) is 0 Å². The molecule has 0 aromatic rings. The average Bonchev–Trinajstić information content (AvgIpc) is 2.42. The van der Waals surface area contributed by atoms with Crippen molar-refractivity contribution in [3.05, 3.63) is 46.9 Å². The summed E-state index contributed by atoms with van der Waals surface area (Å²) in [5.41, 5.74) is 2.16. The zero-order chi connectivity index (χ0) is 15.4. The second kappa shape index (κ2) is 11.1. The minimum atomic E-state index is -0.223. The first kappa shape index (κ1) is 18.2. The van der Waals surface area contributed by atoms with Crippen LogP contribution in [0.4, 0.5) is 4.39 Å². The van der Waals surface area contributed by atoms with Crippen LogP contribution in [0, 0.1) is 0 Å². The number of aldehydes is 1. The zero-order valence-corrected chi connectivity index (χ0v) is 12.8. The fraction of sp³-hybridized carbons (Fsp3) is 0.412. The largest absolute Gasteiger partial charge is 0.298 e. The molecule has 0 atom stereocenters. The maximum atomic E-state index is 13.6. The summed E-state index contributed by atoms with van der Waals surface area (Å²) in [6.07, 6.45) is 10.8. The summed E-state index contributed by atoms with van der Waals surface area (Å²) in [5, 5.41) is 0. The summed E-state index contributed by atoms with van der Waals surface area (Å²) in [7, 11) is 0. The fourth-order valence-electron chi connectivity index (χ4n) is 1.29. The Hall–Kier alpha value is -1.77. The molecule has 3 heteroatoms. The first-order chi connectivity index (χ1) is 9.52. The van der Waals surface area contributed by atoms with Gasteiger partial charge in [0.25, 0.3) is 0 Å². The van der Waals surface area contributed by atoms with Crippen molar-refractivity contribution in [2.75, 3.05) is 6.54 Å². The van der Waals surface area contributed by atoms with Crippen molar-refractivity contribution < 1.29 is 9.18 Å². The molecule has 20 heavy (non-hydrogen) atoms. The van der Waals surface area contributed by atoms with E-state index in [1.807, 2.05) is 32.9 Å². The molecule has 0 aromatic heterocycles. The molecular formula is C17H24FNO. The van der Waals surface area contributed by atoms with Gasteiger partial charge < -0.3 is 0 Å². The van der Waals surface area contributed by atoms with E-state index in [9.17, 15) is 9.18 Å². The van der Waals surface area contributed by atoms with Crippen LogP contribution in [0.1, 0.15) is 40.5 Å². The number of rotatable bonds is 8. The number of halogens is 1. The van der Waals surface area contributed by atoms with Gasteiger partial charge in [-0.15, -0.1) is 0 Å². The Bertz CT molecular complexity index is 450. The van der Waals surface area contributed by atoms with E-state index in [1.54, 1.807) is 19.2 Å². The Balaban J connectivity index is 4.41. The van der Waals surface area contributed by atoms with Gasteiger partial charge in [0.2, 0.25) is 0 Å². The Morgan fingerprint density at radius 1 is 1.20 bits per heavy atom. The summed E-state index contributed by atoms with van der Waals surface area (Å²) in [5.74, 6) is -0.223. The molecule has 0 bridgehead atoms. The van der Waals surface area contributed by atoms with Gasteiger partial charge >= 0.3 is 0 Å². The third-order valence-corrected chi connectivity index (χ3v) is 2.68. The SMILES string of the molecule is CC/C=C/C=C\C(F)=C(/C)CCN=CC(C=O)=C(C)C. The van der Waals surface area contributed by atoms with Gasteiger partial charge in [-0.25, -0.2) is 4.39 Å². The van der Waals surface area contributed by atoms with Crippen LogP contribution in [-0.4, -0.2) is 19.0 Å². The normalized spacial score (nSPS) is 13.2. The molecule has 0 N–H and O–H groups in total. The molecule has 0 heterocycles. The number of nitrogens with zero attached hydrogens (tertiary/aromatic N) is 1. The number of hydrogen-bond donors (Lipinski definition) is 0. The molecule has 0 aromatic carbocycles. The second-order valence-corrected chi connectivity index (χ2v) is 4.68. The van der Waals surface area contributed by atoms with Crippen LogP contribution in [-0.2, 0) is 4.79 Å². The van der Waals surface area contributed by atoms with E-state index < -0.39 is 0 Å². The van der Waals surface area contributed by atoms with Gasteiger partial charge in [0.1, 0.15) is 5.83 Å². The smallest absolute Gasteiger partial charge is 0.151 e. The Morgan fingerprint density at radius 2 is 1.90 bits per heavy atom. The minimum absolute atomic E-state index is 0.223. The topological polar surface area (TPSA) is 29.4 Å². The van der Waals surface area contributed by atoms with E-state index in [0.717, 1.165) is 18.3 Å². The Kier molecular flexibility index (Phi) is 10.1. The third kappa shape index (κ3) is 8.35. The number of aliphatic imine (C=N–C) groups is 1. The lowest BCUT2D eigenvalue weighted by Gasteiger charge is -1.99. The number of carbonyl (C=O) groups excluding carboxylic acids is 1. The van der Waals surface area contributed by atoms with Crippen molar-refractivity contribution in [2.45, 2.75) is 40.5 Å². The zero-order valence-electron chi connectivity index (χ0n) is 12.8. The lowest BCUT2D eigenvalue weighted by Crippen LogP contribution is -1.92. The van der Waals surface area contributed by atoms with Gasteiger partial charge in [-0.1, -0.05) is 30.7 Å². The van der Waals surface area contributed by atoms with Crippen molar-refractivity contribution in [3.63, 3.8) is 0 Å². The van der Waals surface area contributed by atoms with Crippen molar-refractivity contribution >= 4 is 12.5 Å². The molecule has 0 fully saturated rings. The molecule has 0 aliphatic rings. The van der Waals surface area contributed by atoms with Gasteiger partial charge in [0.05, 0.1) is 0 Å². The van der Waals surface area contributed by atoms with E-state index >= 15 is 0 Å². The van der Waals surface area contributed by atoms with Gasteiger partial charge in [-0.05, 0) is 45.3 Å². The van der Waals surface area contributed by atoms with Crippen LogP contribution >= 0.6 is 0 Å².